The Kier molecular flexibility index (Phi) is 4.96. The van der Waals surface area contributed by atoms with Gasteiger partial charge in [0.05, 0.1) is 17.5 Å². The van der Waals surface area contributed by atoms with Crippen molar-refractivity contribution in [3.05, 3.63) is 11.4 Å². The van der Waals surface area contributed by atoms with Crippen molar-refractivity contribution in [2.24, 2.45) is 7.05 Å². The first-order chi connectivity index (χ1) is 10.2. The Hall–Kier alpha value is -0.960. The summed E-state index contributed by atoms with van der Waals surface area (Å²) >= 11 is 0. The van der Waals surface area contributed by atoms with Crippen molar-refractivity contribution in [3.8, 4) is 0 Å². The molecule has 2 rings (SSSR count). The van der Waals surface area contributed by atoms with Gasteiger partial charge >= 0.3 is 0 Å². The van der Waals surface area contributed by atoms with E-state index in [1.54, 1.807) is 39.7 Å². The molecule has 1 aliphatic rings. The van der Waals surface area contributed by atoms with Crippen LogP contribution >= 0.6 is 0 Å². The van der Waals surface area contributed by atoms with Gasteiger partial charge in [-0.05, 0) is 27.3 Å². The number of rotatable bonds is 5. The zero-order chi connectivity index (χ0) is 16.7. The third kappa shape index (κ3) is 3.05. The van der Waals surface area contributed by atoms with Crippen LogP contribution in [0.4, 0.5) is 0 Å². The Bertz CT molecular complexity index is 641. The largest absolute Gasteiger partial charge is 0.380 e. The molecule has 0 aliphatic carbocycles. The Morgan fingerprint density at radius 1 is 1.36 bits per heavy atom. The van der Waals surface area contributed by atoms with Crippen LogP contribution in [0.3, 0.4) is 0 Å². The van der Waals surface area contributed by atoms with Gasteiger partial charge in [-0.15, -0.1) is 0 Å². The molecule has 0 aromatic carbocycles. The number of hydrogen-bond acceptors (Lipinski definition) is 5. The molecule has 0 saturated carbocycles. The summed E-state index contributed by atoms with van der Waals surface area (Å²) in [6, 6.07) is 0.169. The summed E-state index contributed by atoms with van der Waals surface area (Å²) in [5.74, 6) is 0. The second-order valence-corrected chi connectivity index (χ2v) is 8.08. The van der Waals surface area contributed by atoms with Gasteiger partial charge < -0.3 is 4.74 Å². The third-order valence-corrected chi connectivity index (χ3v) is 6.64. The van der Waals surface area contributed by atoms with E-state index in [0.29, 0.717) is 22.8 Å². The number of likely N-dealkylation sites (tertiary alicyclic amines) is 1. The first kappa shape index (κ1) is 17.4. The lowest BCUT2D eigenvalue weighted by molar-refractivity contribution is 0.111. The summed E-state index contributed by atoms with van der Waals surface area (Å²) < 4.78 is 34.1. The normalized spacial score (nSPS) is 23.6. The number of aromatic nitrogens is 2. The molecule has 0 bridgehead atoms. The summed E-state index contributed by atoms with van der Waals surface area (Å²) in [4.78, 5) is 2.48. The minimum atomic E-state index is -3.53. The second kappa shape index (κ2) is 6.27. The number of aryl methyl sites for hydroxylation is 2. The molecule has 1 saturated heterocycles. The van der Waals surface area contributed by atoms with Gasteiger partial charge in [-0.1, -0.05) is 0 Å². The fraction of sp³-hybridized carbons (Fsp3) is 0.786. The van der Waals surface area contributed by atoms with Crippen molar-refractivity contribution in [2.45, 2.75) is 37.3 Å². The molecule has 0 spiro atoms. The highest BCUT2D eigenvalue weighted by Crippen LogP contribution is 2.25. The van der Waals surface area contributed by atoms with E-state index < -0.39 is 10.0 Å². The first-order valence-electron chi connectivity index (χ1n) is 7.38. The number of likely N-dealkylation sites (N-methyl/N-ethyl adjacent to an activating group) is 2. The standard InChI is InChI=1S/C14H26N4O3S/c1-10-14(11(2)18(5)15-10)22(19,20)17(4)8-12-7-13(21-6)9-16(12)3/h12-13H,7-9H2,1-6H3/t12-,13-/m0/s1. The van der Waals surface area contributed by atoms with Crippen molar-refractivity contribution in [1.29, 1.82) is 0 Å². The van der Waals surface area contributed by atoms with Crippen molar-refractivity contribution in [1.82, 2.24) is 19.0 Å². The minimum Gasteiger partial charge on any atom is -0.380 e. The molecule has 1 fully saturated rings. The summed E-state index contributed by atoms with van der Waals surface area (Å²) in [5.41, 5.74) is 1.21. The van der Waals surface area contributed by atoms with Crippen LogP contribution < -0.4 is 0 Å². The molecule has 1 aliphatic heterocycles. The minimum absolute atomic E-state index is 0.169. The van der Waals surface area contributed by atoms with Gasteiger partial charge in [0.1, 0.15) is 4.90 Å². The number of sulfonamides is 1. The zero-order valence-electron chi connectivity index (χ0n) is 14.2. The van der Waals surface area contributed by atoms with Crippen LogP contribution in [0.5, 0.6) is 0 Å². The van der Waals surface area contributed by atoms with Crippen LogP contribution in [-0.2, 0) is 21.8 Å². The summed E-state index contributed by atoms with van der Waals surface area (Å²) in [6.45, 7) is 4.80. The van der Waals surface area contributed by atoms with E-state index in [-0.39, 0.29) is 12.1 Å². The molecule has 1 aromatic rings. The van der Waals surface area contributed by atoms with E-state index in [1.165, 1.54) is 4.31 Å². The quantitative estimate of drug-likeness (QED) is 0.781. The highest BCUT2D eigenvalue weighted by Gasteiger charge is 2.34. The Morgan fingerprint density at radius 2 is 2.00 bits per heavy atom. The zero-order valence-corrected chi connectivity index (χ0v) is 15.0. The molecular weight excluding hydrogens is 304 g/mol. The summed E-state index contributed by atoms with van der Waals surface area (Å²) in [6.07, 6.45) is 1.02. The lowest BCUT2D eigenvalue weighted by Crippen LogP contribution is -2.39. The second-order valence-electron chi connectivity index (χ2n) is 6.10. The van der Waals surface area contributed by atoms with Crippen LogP contribution in [0.1, 0.15) is 17.8 Å². The van der Waals surface area contributed by atoms with Gasteiger partial charge in [0.25, 0.3) is 0 Å². The average molecular weight is 330 g/mol. The van der Waals surface area contributed by atoms with Crippen LogP contribution in [0, 0.1) is 13.8 Å². The van der Waals surface area contributed by atoms with Gasteiger partial charge in [-0.3, -0.25) is 9.58 Å². The topological polar surface area (TPSA) is 67.7 Å². The lowest BCUT2D eigenvalue weighted by Gasteiger charge is -2.25. The van der Waals surface area contributed by atoms with Gasteiger partial charge in [0.15, 0.2) is 0 Å². The van der Waals surface area contributed by atoms with Gasteiger partial charge in [-0.25, -0.2) is 8.42 Å². The average Bonchev–Trinajstić information content (AvgIpc) is 2.90. The van der Waals surface area contributed by atoms with E-state index in [2.05, 4.69) is 10.00 Å². The molecule has 0 N–H and O–H groups in total. The SMILES string of the molecule is CO[C@H]1C[C@@H](CN(C)S(=O)(=O)c2c(C)nn(C)c2C)N(C)C1. The van der Waals surface area contributed by atoms with Gasteiger partial charge in [-0.2, -0.15) is 9.40 Å². The molecule has 126 valence electrons. The maximum absolute atomic E-state index is 12.9. The molecule has 7 nitrogen and oxygen atoms in total. The molecule has 2 atom stereocenters. The fourth-order valence-corrected chi connectivity index (χ4v) is 4.69. The number of nitrogens with zero attached hydrogens (tertiary/aromatic N) is 4. The maximum atomic E-state index is 12.9. The first-order valence-corrected chi connectivity index (χ1v) is 8.82. The highest BCUT2D eigenvalue weighted by atomic mass is 32.2. The lowest BCUT2D eigenvalue weighted by atomic mass is 10.2. The smallest absolute Gasteiger partial charge is 0.246 e. The monoisotopic (exact) mass is 330 g/mol. The molecule has 8 heteroatoms. The van der Waals surface area contributed by atoms with E-state index in [4.69, 9.17) is 4.74 Å². The van der Waals surface area contributed by atoms with Crippen molar-refractivity contribution in [3.63, 3.8) is 0 Å². The van der Waals surface area contributed by atoms with E-state index in [1.807, 2.05) is 7.05 Å². The van der Waals surface area contributed by atoms with E-state index in [0.717, 1.165) is 13.0 Å². The van der Waals surface area contributed by atoms with Crippen molar-refractivity contribution in [2.75, 3.05) is 34.3 Å². The van der Waals surface area contributed by atoms with E-state index in [9.17, 15) is 8.42 Å². The number of methoxy groups -OCH3 is 1. The molecule has 0 unspecified atom stereocenters. The van der Waals surface area contributed by atoms with Crippen LogP contribution in [-0.4, -0.2) is 73.8 Å². The van der Waals surface area contributed by atoms with Crippen LogP contribution in [0.25, 0.3) is 0 Å². The predicted octanol–water partition coefficient (Wildman–Crippen LogP) is 0.377. The number of ether oxygens (including phenoxy) is 1. The molecule has 22 heavy (non-hydrogen) atoms. The Labute approximate surface area is 132 Å². The maximum Gasteiger partial charge on any atom is 0.246 e. The van der Waals surface area contributed by atoms with Crippen LogP contribution in [0.15, 0.2) is 4.90 Å². The molecule has 0 amide bonds. The van der Waals surface area contributed by atoms with Crippen molar-refractivity contribution >= 4 is 10.0 Å². The summed E-state index contributed by atoms with van der Waals surface area (Å²) in [5, 5.41) is 4.21. The van der Waals surface area contributed by atoms with Crippen LogP contribution in [0.2, 0.25) is 0 Å². The van der Waals surface area contributed by atoms with Gasteiger partial charge in [0, 0.05) is 40.3 Å². The Balaban J connectivity index is 2.20. The predicted molar refractivity (Wildman–Crippen MR) is 84.3 cm³/mol. The van der Waals surface area contributed by atoms with E-state index >= 15 is 0 Å². The molecule has 1 aromatic heterocycles. The Morgan fingerprint density at radius 3 is 2.45 bits per heavy atom. The molecule has 2 heterocycles. The highest BCUT2D eigenvalue weighted by molar-refractivity contribution is 7.89. The van der Waals surface area contributed by atoms with Crippen molar-refractivity contribution < 1.29 is 13.2 Å². The molecular formula is C14H26N4O3S. The summed E-state index contributed by atoms with van der Waals surface area (Å²) in [7, 11) is 3.56. The fourth-order valence-electron chi connectivity index (χ4n) is 3.09. The van der Waals surface area contributed by atoms with Gasteiger partial charge in [0.2, 0.25) is 10.0 Å². The third-order valence-electron chi connectivity index (χ3n) is 4.56. The number of hydrogen-bond donors (Lipinski definition) is 0. The molecule has 0 radical (unpaired) electrons.